The fourth-order valence-electron chi connectivity index (χ4n) is 0.638. The van der Waals surface area contributed by atoms with Crippen LogP contribution in [0.15, 0.2) is 12.3 Å². The summed E-state index contributed by atoms with van der Waals surface area (Å²) in [5, 5.41) is 10.7. The summed E-state index contributed by atoms with van der Waals surface area (Å²) in [6, 6.07) is 3.19. The molecule has 0 atom stereocenters. The van der Waals surface area contributed by atoms with Gasteiger partial charge in [0, 0.05) is 6.20 Å². The van der Waals surface area contributed by atoms with Crippen LogP contribution in [-0.2, 0) is 4.79 Å². The molecule has 0 spiro atoms. The smallest absolute Gasteiger partial charge is 0.240 e. The second kappa shape index (κ2) is 4.38. The lowest BCUT2D eigenvalue weighted by atomic mass is 10.4. The highest BCUT2D eigenvalue weighted by Gasteiger charge is 2.02. The molecule has 66 valence electrons. The quantitative estimate of drug-likeness (QED) is 0.716. The van der Waals surface area contributed by atoms with E-state index in [0.29, 0.717) is 0 Å². The molecule has 1 rings (SSSR count). The first-order valence-electron chi connectivity index (χ1n) is 3.37. The van der Waals surface area contributed by atoms with Crippen LogP contribution in [0.2, 0.25) is 5.15 Å². The molecular weight excluding hydrogens is 192 g/mol. The van der Waals surface area contributed by atoms with Gasteiger partial charge in [-0.3, -0.25) is 10.1 Å². The van der Waals surface area contributed by atoms with E-state index in [-0.39, 0.29) is 17.5 Å². The maximum atomic E-state index is 10.9. The van der Waals surface area contributed by atoms with Gasteiger partial charge in [0.1, 0.15) is 11.6 Å². The molecule has 0 aromatic carbocycles. The van der Waals surface area contributed by atoms with Crippen molar-refractivity contribution in [1.82, 2.24) is 9.97 Å². The molecule has 6 heteroatoms. The highest BCUT2D eigenvalue weighted by molar-refractivity contribution is 6.29. The number of nitrogens with zero attached hydrogens (tertiary/aromatic N) is 3. The molecule has 1 N–H and O–H groups in total. The van der Waals surface area contributed by atoms with Crippen molar-refractivity contribution in [2.75, 3.05) is 5.32 Å². The number of carbonyl (C=O) groups is 1. The summed E-state index contributed by atoms with van der Waals surface area (Å²) in [6.45, 7) is 0. The van der Waals surface area contributed by atoms with E-state index in [4.69, 9.17) is 16.9 Å². The minimum atomic E-state index is -0.454. The Bertz CT molecular complexity index is 360. The third-order valence-electron chi connectivity index (χ3n) is 1.11. The third-order valence-corrected chi connectivity index (χ3v) is 1.32. The van der Waals surface area contributed by atoms with Crippen molar-refractivity contribution in [2.45, 2.75) is 6.42 Å². The number of rotatable bonds is 2. The van der Waals surface area contributed by atoms with Crippen LogP contribution in [0.25, 0.3) is 0 Å². The number of halogens is 1. The Balaban J connectivity index is 2.65. The van der Waals surface area contributed by atoms with E-state index in [9.17, 15) is 4.79 Å². The molecule has 0 unspecified atom stereocenters. The van der Waals surface area contributed by atoms with Gasteiger partial charge in [-0.15, -0.1) is 0 Å². The summed E-state index contributed by atoms with van der Waals surface area (Å²) in [5.74, 6) is -0.350. The minimum Gasteiger partial charge on any atom is -0.294 e. The number of nitriles is 1. The van der Waals surface area contributed by atoms with E-state index in [1.807, 2.05) is 0 Å². The van der Waals surface area contributed by atoms with Gasteiger partial charge in [0.05, 0.1) is 6.07 Å². The molecule has 0 aliphatic rings. The molecule has 0 saturated heterocycles. The lowest BCUT2D eigenvalue weighted by Gasteiger charge is -1.99. The maximum absolute atomic E-state index is 10.9. The van der Waals surface area contributed by atoms with Gasteiger partial charge >= 0.3 is 0 Å². The Morgan fingerprint density at radius 1 is 1.77 bits per heavy atom. The summed E-state index contributed by atoms with van der Waals surface area (Å²) in [5.41, 5.74) is 0. The Labute approximate surface area is 79.4 Å². The monoisotopic (exact) mass is 196 g/mol. The molecular formula is C7H5ClN4O. The largest absolute Gasteiger partial charge is 0.294 e. The summed E-state index contributed by atoms with van der Waals surface area (Å²) < 4.78 is 0. The predicted octanol–water partition coefficient (Wildman–Crippen LogP) is 0.982. The Hall–Kier alpha value is -1.67. The van der Waals surface area contributed by atoms with Crippen LogP contribution in [0.5, 0.6) is 0 Å². The van der Waals surface area contributed by atoms with Gasteiger partial charge in [0.25, 0.3) is 0 Å². The highest BCUT2D eigenvalue weighted by Crippen LogP contribution is 2.05. The molecule has 1 heterocycles. The second-order valence-electron chi connectivity index (χ2n) is 2.09. The lowest BCUT2D eigenvalue weighted by molar-refractivity contribution is -0.115. The van der Waals surface area contributed by atoms with Gasteiger partial charge in [-0.05, 0) is 6.07 Å². The Morgan fingerprint density at radius 2 is 2.54 bits per heavy atom. The molecule has 1 aromatic heterocycles. The normalized spacial score (nSPS) is 8.92. The van der Waals surface area contributed by atoms with Crippen LogP contribution < -0.4 is 5.32 Å². The predicted molar refractivity (Wildman–Crippen MR) is 45.9 cm³/mol. The van der Waals surface area contributed by atoms with E-state index in [0.717, 1.165) is 0 Å². The first-order chi connectivity index (χ1) is 6.22. The first kappa shape index (κ1) is 9.42. The van der Waals surface area contributed by atoms with Crippen LogP contribution in [0, 0.1) is 11.3 Å². The maximum Gasteiger partial charge on any atom is 0.240 e. The van der Waals surface area contributed by atoms with E-state index in [2.05, 4.69) is 15.3 Å². The average Bonchev–Trinajstić information content (AvgIpc) is 2.04. The number of carbonyl (C=O) groups excluding carboxylic acids is 1. The highest BCUT2D eigenvalue weighted by atomic mass is 35.5. The zero-order chi connectivity index (χ0) is 9.68. The fraction of sp³-hybridized carbons (Fsp3) is 0.143. The van der Waals surface area contributed by atoms with Gasteiger partial charge in [-0.25, -0.2) is 9.97 Å². The Kier molecular flexibility index (Phi) is 3.17. The van der Waals surface area contributed by atoms with Crippen molar-refractivity contribution in [1.29, 1.82) is 5.26 Å². The number of nitrogens with one attached hydrogen (secondary N) is 1. The van der Waals surface area contributed by atoms with E-state index < -0.39 is 5.91 Å². The number of aromatic nitrogens is 2. The molecule has 0 radical (unpaired) electrons. The standard InChI is InChI=1S/C7H5ClN4O/c8-5-2-4-10-7(11-5)12-6(13)1-3-9/h2,4H,1H2,(H,10,11,12,13). The van der Waals surface area contributed by atoms with Crippen molar-refractivity contribution in [3.8, 4) is 6.07 Å². The number of hydrogen-bond donors (Lipinski definition) is 1. The van der Waals surface area contributed by atoms with Gasteiger partial charge in [-0.1, -0.05) is 11.6 Å². The van der Waals surface area contributed by atoms with Gasteiger partial charge < -0.3 is 0 Å². The van der Waals surface area contributed by atoms with Crippen molar-refractivity contribution in [2.24, 2.45) is 0 Å². The van der Waals surface area contributed by atoms with E-state index in [1.54, 1.807) is 6.07 Å². The minimum absolute atomic E-state index is 0.104. The molecule has 0 aliphatic heterocycles. The molecule has 1 aromatic rings. The summed E-state index contributed by atoms with van der Waals surface area (Å²) in [4.78, 5) is 18.3. The molecule has 1 amide bonds. The summed E-state index contributed by atoms with van der Waals surface area (Å²) >= 11 is 5.54. The molecule has 0 aliphatic carbocycles. The molecule has 0 fully saturated rings. The average molecular weight is 197 g/mol. The molecule has 0 bridgehead atoms. The lowest BCUT2D eigenvalue weighted by Crippen LogP contribution is -2.12. The van der Waals surface area contributed by atoms with Gasteiger partial charge in [0.15, 0.2) is 0 Å². The molecule has 0 saturated carbocycles. The van der Waals surface area contributed by atoms with Crippen molar-refractivity contribution >= 4 is 23.5 Å². The van der Waals surface area contributed by atoms with Crippen LogP contribution in [0.1, 0.15) is 6.42 Å². The SMILES string of the molecule is N#CCC(=O)Nc1nccc(Cl)n1. The van der Waals surface area contributed by atoms with Crippen molar-refractivity contribution in [3.63, 3.8) is 0 Å². The number of anilines is 1. The van der Waals surface area contributed by atoms with Crippen LogP contribution in [0.4, 0.5) is 5.95 Å². The summed E-state index contributed by atoms with van der Waals surface area (Å²) in [6.07, 6.45) is 1.19. The van der Waals surface area contributed by atoms with E-state index in [1.165, 1.54) is 12.3 Å². The zero-order valence-electron chi connectivity index (χ0n) is 6.49. The molecule has 13 heavy (non-hydrogen) atoms. The van der Waals surface area contributed by atoms with Crippen LogP contribution in [-0.4, -0.2) is 15.9 Å². The van der Waals surface area contributed by atoms with E-state index >= 15 is 0 Å². The first-order valence-corrected chi connectivity index (χ1v) is 3.75. The van der Waals surface area contributed by atoms with Crippen LogP contribution in [0.3, 0.4) is 0 Å². The van der Waals surface area contributed by atoms with Crippen LogP contribution >= 0.6 is 11.6 Å². The fourth-order valence-corrected chi connectivity index (χ4v) is 0.774. The van der Waals surface area contributed by atoms with Gasteiger partial charge in [-0.2, -0.15) is 5.26 Å². The second-order valence-corrected chi connectivity index (χ2v) is 2.47. The Morgan fingerprint density at radius 3 is 3.15 bits per heavy atom. The van der Waals surface area contributed by atoms with Gasteiger partial charge in [0.2, 0.25) is 11.9 Å². The van der Waals surface area contributed by atoms with Crippen molar-refractivity contribution in [3.05, 3.63) is 17.4 Å². The third kappa shape index (κ3) is 3.05. The number of hydrogen-bond acceptors (Lipinski definition) is 4. The van der Waals surface area contributed by atoms with Crippen molar-refractivity contribution < 1.29 is 4.79 Å². The molecule has 5 nitrogen and oxygen atoms in total. The zero-order valence-corrected chi connectivity index (χ0v) is 7.25. The summed E-state index contributed by atoms with van der Waals surface area (Å²) in [7, 11) is 0. The topological polar surface area (TPSA) is 78.7 Å². The number of amides is 1.